The topological polar surface area (TPSA) is 124 Å². The van der Waals surface area contributed by atoms with Gasteiger partial charge in [0.25, 0.3) is 0 Å². The smallest absolute Gasteiger partial charge is 0.343 e. The van der Waals surface area contributed by atoms with Crippen molar-refractivity contribution in [1.29, 1.82) is 0 Å². The molecule has 0 radical (unpaired) electrons. The Labute approximate surface area is 354 Å². The van der Waals surface area contributed by atoms with Gasteiger partial charge >= 0.3 is 23.9 Å². The largest absolute Gasteiger partial charge is 0.490 e. The van der Waals surface area contributed by atoms with E-state index in [4.69, 9.17) is 28.4 Å². The molecular formula is C50H58O10. The van der Waals surface area contributed by atoms with Crippen LogP contribution in [-0.2, 0) is 19.1 Å². The third-order valence-electron chi connectivity index (χ3n) is 9.29. The minimum absolute atomic E-state index is 0.247. The molecule has 0 aliphatic carbocycles. The predicted octanol–water partition coefficient (Wildman–Crippen LogP) is 11.4. The van der Waals surface area contributed by atoms with Gasteiger partial charge < -0.3 is 28.4 Å². The highest BCUT2D eigenvalue weighted by atomic mass is 16.5. The average Bonchev–Trinajstić information content (AvgIpc) is 3.27. The van der Waals surface area contributed by atoms with Gasteiger partial charge in [-0.05, 0) is 109 Å². The van der Waals surface area contributed by atoms with Crippen LogP contribution in [0.3, 0.4) is 0 Å². The molecular weight excluding hydrogens is 761 g/mol. The van der Waals surface area contributed by atoms with E-state index in [1.54, 1.807) is 109 Å². The standard InChI is InChI=1S/C50H58O10/c1-3-5-7-9-11-13-35-57-47(51)33-19-39-15-25-45(26-16-39)59-49(53)41-21-29-43(30-22-41)55-37-38-56-44-31-23-42(24-32-44)50(54)60-46-27-17-40(18-28-46)20-34-48(52)58-36-14-12-10-8-6-4-2/h15-34H,3-14,35-38H2,1-2H3/b33-19+,34-20+. The van der Waals surface area contributed by atoms with E-state index >= 15 is 0 Å². The number of carbonyl (C=O) groups is 4. The first-order valence-corrected chi connectivity index (χ1v) is 21.1. The van der Waals surface area contributed by atoms with Crippen molar-refractivity contribution in [2.24, 2.45) is 0 Å². The van der Waals surface area contributed by atoms with Crippen LogP contribution in [0.25, 0.3) is 12.2 Å². The van der Waals surface area contributed by atoms with Crippen molar-refractivity contribution in [3.63, 3.8) is 0 Å². The van der Waals surface area contributed by atoms with Crippen molar-refractivity contribution in [2.45, 2.75) is 90.9 Å². The number of rotatable bonds is 27. The van der Waals surface area contributed by atoms with Crippen molar-refractivity contribution in [2.75, 3.05) is 26.4 Å². The van der Waals surface area contributed by atoms with Gasteiger partial charge in [0, 0.05) is 12.2 Å². The second kappa shape index (κ2) is 27.5. The summed E-state index contributed by atoms with van der Waals surface area (Å²) in [6.45, 7) is 5.70. The summed E-state index contributed by atoms with van der Waals surface area (Å²) < 4.78 is 33.1. The SMILES string of the molecule is CCCCCCCCOC(=O)/C=C/c1ccc(OC(=O)c2ccc(OCCOc3ccc(C(=O)Oc4ccc(/C=C/C(=O)OCCCCCCCC)cc4)cc3)cc2)cc1. The van der Waals surface area contributed by atoms with Crippen LogP contribution in [0.1, 0.15) is 123 Å². The Bertz CT molecular complexity index is 1790. The highest BCUT2D eigenvalue weighted by Gasteiger charge is 2.11. The zero-order chi connectivity index (χ0) is 42.6. The van der Waals surface area contributed by atoms with Gasteiger partial charge in [-0.15, -0.1) is 0 Å². The lowest BCUT2D eigenvalue weighted by atomic mass is 10.1. The number of carbonyl (C=O) groups excluding carboxylic acids is 4. The summed E-state index contributed by atoms with van der Waals surface area (Å²) in [7, 11) is 0. The highest BCUT2D eigenvalue weighted by Crippen LogP contribution is 2.20. The van der Waals surface area contributed by atoms with Crippen molar-refractivity contribution in [1.82, 2.24) is 0 Å². The summed E-state index contributed by atoms with van der Waals surface area (Å²) in [6, 6.07) is 26.8. The Morgan fingerprint density at radius 3 is 1.10 bits per heavy atom. The molecule has 0 aromatic heterocycles. The third kappa shape index (κ3) is 18.6. The van der Waals surface area contributed by atoms with Crippen molar-refractivity contribution >= 4 is 36.0 Å². The lowest BCUT2D eigenvalue weighted by Crippen LogP contribution is -2.11. The molecule has 60 heavy (non-hydrogen) atoms. The summed E-state index contributed by atoms with van der Waals surface area (Å²) in [4.78, 5) is 49.4. The van der Waals surface area contributed by atoms with Gasteiger partial charge in [0.05, 0.1) is 24.3 Å². The van der Waals surface area contributed by atoms with Gasteiger partial charge in [-0.1, -0.05) is 102 Å². The second-order valence-electron chi connectivity index (χ2n) is 14.2. The number of hydrogen-bond acceptors (Lipinski definition) is 10. The van der Waals surface area contributed by atoms with E-state index in [1.165, 1.54) is 50.7 Å². The van der Waals surface area contributed by atoms with Gasteiger partial charge in [0.15, 0.2) is 0 Å². The molecule has 0 spiro atoms. The van der Waals surface area contributed by atoms with Gasteiger partial charge in [0.1, 0.15) is 36.2 Å². The minimum Gasteiger partial charge on any atom is -0.490 e. The Hall–Kier alpha value is -6.16. The Morgan fingerprint density at radius 1 is 0.400 bits per heavy atom. The number of hydrogen-bond donors (Lipinski definition) is 0. The van der Waals surface area contributed by atoms with Gasteiger partial charge in [-0.2, -0.15) is 0 Å². The van der Waals surface area contributed by atoms with Crippen LogP contribution in [-0.4, -0.2) is 50.3 Å². The molecule has 10 heteroatoms. The quantitative estimate of drug-likeness (QED) is 0.0248. The third-order valence-corrected chi connectivity index (χ3v) is 9.29. The molecule has 0 saturated heterocycles. The molecule has 0 unspecified atom stereocenters. The van der Waals surface area contributed by atoms with E-state index in [-0.39, 0.29) is 25.2 Å². The monoisotopic (exact) mass is 818 g/mol. The lowest BCUT2D eigenvalue weighted by molar-refractivity contribution is -0.138. The van der Waals surface area contributed by atoms with Gasteiger partial charge in [-0.3, -0.25) is 0 Å². The van der Waals surface area contributed by atoms with Gasteiger partial charge in [0.2, 0.25) is 0 Å². The molecule has 0 saturated carbocycles. The summed E-state index contributed by atoms with van der Waals surface area (Å²) >= 11 is 0. The van der Waals surface area contributed by atoms with E-state index in [9.17, 15) is 19.2 Å². The maximum absolute atomic E-state index is 12.7. The van der Waals surface area contributed by atoms with Crippen molar-refractivity contribution in [3.05, 3.63) is 131 Å². The molecule has 0 aliphatic heterocycles. The molecule has 4 aromatic rings. The number of ether oxygens (including phenoxy) is 6. The number of unbranched alkanes of at least 4 members (excludes halogenated alkanes) is 10. The maximum atomic E-state index is 12.7. The van der Waals surface area contributed by atoms with Crippen LogP contribution in [0.15, 0.2) is 109 Å². The first-order valence-electron chi connectivity index (χ1n) is 21.1. The van der Waals surface area contributed by atoms with E-state index in [1.807, 2.05) is 0 Å². The lowest BCUT2D eigenvalue weighted by Gasteiger charge is -2.10. The molecule has 0 heterocycles. The number of esters is 4. The predicted molar refractivity (Wildman–Crippen MR) is 233 cm³/mol. The molecule has 4 aromatic carbocycles. The molecule has 4 rings (SSSR count). The van der Waals surface area contributed by atoms with Gasteiger partial charge in [-0.25, -0.2) is 19.2 Å². The molecule has 0 N–H and O–H groups in total. The van der Waals surface area contributed by atoms with Crippen LogP contribution >= 0.6 is 0 Å². The highest BCUT2D eigenvalue weighted by molar-refractivity contribution is 5.92. The van der Waals surface area contributed by atoms with Crippen LogP contribution < -0.4 is 18.9 Å². The first kappa shape index (κ1) is 46.5. The molecule has 318 valence electrons. The fourth-order valence-electron chi connectivity index (χ4n) is 5.85. The van der Waals surface area contributed by atoms with Crippen LogP contribution in [0.5, 0.6) is 23.0 Å². The van der Waals surface area contributed by atoms with E-state index in [0.717, 1.165) is 49.7 Å². The average molecular weight is 819 g/mol. The molecule has 0 fully saturated rings. The summed E-state index contributed by atoms with van der Waals surface area (Å²) in [5.74, 6) is 0.0731. The van der Waals surface area contributed by atoms with Crippen LogP contribution in [0.2, 0.25) is 0 Å². The van der Waals surface area contributed by atoms with E-state index < -0.39 is 11.9 Å². The minimum atomic E-state index is -0.515. The van der Waals surface area contributed by atoms with Crippen molar-refractivity contribution < 1.29 is 47.6 Å². The summed E-state index contributed by atoms with van der Waals surface area (Å²) in [5, 5.41) is 0. The Morgan fingerprint density at radius 2 is 0.733 bits per heavy atom. The molecule has 0 amide bonds. The Balaban J connectivity index is 1.09. The van der Waals surface area contributed by atoms with Crippen molar-refractivity contribution in [3.8, 4) is 23.0 Å². The van der Waals surface area contributed by atoms with Crippen LogP contribution in [0.4, 0.5) is 0 Å². The number of benzene rings is 4. The van der Waals surface area contributed by atoms with E-state index in [0.29, 0.717) is 47.3 Å². The summed E-state index contributed by atoms with van der Waals surface area (Å²) in [6.07, 6.45) is 19.7. The molecule has 0 bridgehead atoms. The summed E-state index contributed by atoms with van der Waals surface area (Å²) in [5.41, 5.74) is 2.27. The van der Waals surface area contributed by atoms with Crippen LogP contribution in [0, 0.1) is 0 Å². The zero-order valence-corrected chi connectivity index (χ0v) is 34.9. The second-order valence-corrected chi connectivity index (χ2v) is 14.2. The fourth-order valence-corrected chi connectivity index (χ4v) is 5.85. The Kier molecular flexibility index (Phi) is 21.3. The molecule has 10 nitrogen and oxygen atoms in total. The molecule has 0 atom stereocenters. The van der Waals surface area contributed by atoms with E-state index in [2.05, 4.69) is 13.8 Å². The zero-order valence-electron chi connectivity index (χ0n) is 34.9. The maximum Gasteiger partial charge on any atom is 0.343 e. The fraction of sp³-hybridized carbons (Fsp3) is 0.360. The molecule has 0 aliphatic rings. The normalized spacial score (nSPS) is 11.0. The first-order chi connectivity index (χ1) is 29.3.